The quantitative estimate of drug-likeness (QED) is 0.733. The summed E-state index contributed by atoms with van der Waals surface area (Å²) in [7, 11) is 0. The number of hydrogen-bond donors (Lipinski definition) is 1. The van der Waals surface area contributed by atoms with Crippen molar-refractivity contribution in [1.29, 1.82) is 0 Å². The van der Waals surface area contributed by atoms with Crippen LogP contribution in [0.25, 0.3) is 0 Å². The molecule has 1 heterocycles. The lowest BCUT2D eigenvalue weighted by molar-refractivity contribution is -0.134. The van der Waals surface area contributed by atoms with Crippen LogP contribution in [0, 0.1) is 40.9 Å². The van der Waals surface area contributed by atoms with E-state index < -0.39 is 11.8 Å². The Kier molecular flexibility index (Phi) is 4.88. The molecule has 0 aromatic carbocycles. The third-order valence-electron chi connectivity index (χ3n) is 10.4. The van der Waals surface area contributed by atoms with Crippen LogP contribution in [-0.2, 0) is 11.3 Å². The second-order valence-electron chi connectivity index (χ2n) is 12.5. The van der Waals surface area contributed by atoms with Gasteiger partial charge in [-0.3, -0.25) is 4.79 Å². The number of alkyl halides is 1. The smallest absolute Gasteiger partial charge is 0.159 e. The van der Waals surface area contributed by atoms with Crippen LogP contribution in [-0.4, -0.2) is 37.7 Å². The molecular weight excluding hydrogens is 405 g/mol. The van der Waals surface area contributed by atoms with Gasteiger partial charge in [-0.1, -0.05) is 6.92 Å². The lowest BCUT2D eigenvalue weighted by atomic mass is 9.48. The molecule has 0 unspecified atom stereocenters. The SMILES string of the molecule is C[C@@]1(O)CC[C@H]2[C@H](CC[C@@H]3[C@@H]2CC[C@@]2(C)[C@H]3[C@H](F)C[C@@H]2C(=O)Cn2ncc(C3CC3)n2)C1. The fourth-order valence-electron chi connectivity index (χ4n) is 8.79. The highest BCUT2D eigenvalue weighted by Crippen LogP contribution is 2.65. The van der Waals surface area contributed by atoms with E-state index in [2.05, 4.69) is 17.1 Å². The standard InChI is InChI=1S/C26H38FN3O2/c1-25(32)9-7-17-16(12-25)5-6-19-18(17)8-10-26(2)20(11-21(27)24(19)26)23(31)14-30-28-13-22(29-30)15-3-4-15/h13,15-21,24,32H,3-12,14H2,1-2H3/t16-,17+,18-,19-,20-,21-,24-,25-,26-/m1/s1. The third kappa shape index (κ3) is 3.38. The van der Waals surface area contributed by atoms with Gasteiger partial charge in [0.2, 0.25) is 0 Å². The molecule has 5 fully saturated rings. The fraction of sp³-hybridized carbons (Fsp3) is 0.885. The first-order valence-corrected chi connectivity index (χ1v) is 13.0. The van der Waals surface area contributed by atoms with Crippen molar-refractivity contribution >= 4 is 5.78 Å². The Morgan fingerprint density at radius 2 is 1.91 bits per heavy atom. The minimum Gasteiger partial charge on any atom is -0.390 e. The van der Waals surface area contributed by atoms with Crippen LogP contribution in [0.15, 0.2) is 6.20 Å². The number of carbonyl (C=O) groups is 1. The first-order valence-electron chi connectivity index (χ1n) is 13.0. The van der Waals surface area contributed by atoms with Crippen LogP contribution in [0.5, 0.6) is 0 Å². The topological polar surface area (TPSA) is 68.0 Å². The molecule has 0 spiro atoms. The fourth-order valence-corrected chi connectivity index (χ4v) is 8.79. The van der Waals surface area contributed by atoms with Gasteiger partial charge in [0.25, 0.3) is 0 Å². The van der Waals surface area contributed by atoms with Crippen molar-refractivity contribution < 1.29 is 14.3 Å². The molecule has 32 heavy (non-hydrogen) atoms. The van der Waals surface area contributed by atoms with Crippen LogP contribution in [0.3, 0.4) is 0 Å². The zero-order chi connectivity index (χ0) is 22.3. The summed E-state index contributed by atoms with van der Waals surface area (Å²) in [5, 5.41) is 19.4. The lowest BCUT2D eigenvalue weighted by Crippen LogP contribution is -2.52. The number of carbonyl (C=O) groups excluding carboxylic acids is 1. The molecule has 5 aliphatic carbocycles. The number of hydrogen-bond acceptors (Lipinski definition) is 4. The number of Topliss-reactive ketones (excluding diaryl/α,β-unsaturated/α-hetero) is 1. The predicted octanol–water partition coefficient (Wildman–Crippen LogP) is 4.69. The molecule has 9 atom stereocenters. The number of fused-ring (bicyclic) bond motifs is 5. The van der Waals surface area contributed by atoms with Gasteiger partial charge in [0.05, 0.1) is 17.5 Å². The van der Waals surface area contributed by atoms with Crippen LogP contribution in [0.4, 0.5) is 4.39 Å². The van der Waals surface area contributed by atoms with Crippen molar-refractivity contribution in [2.24, 2.45) is 40.9 Å². The van der Waals surface area contributed by atoms with Gasteiger partial charge in [-0.15, -0.1) is 0 Å². The molecule has 6 rings (SSSR count). The molecule has 1 aromatic rings. The molecule has 5 saturated carbocycles. The Hall–Kier alpha value is -1.30. The molecular formula is C26H38FN3O2. The molecule has 0 radical (unpaired) electrons. The van der Waals surface area contributed by atoms with E-state index in [9.17, 15) is 9.90 Å². The highest BCUT2D eigenvalue weighted by Gasteiger charge is 2.62. The summed E-state index contributed by atoms with van der Waals surface area (Å²) in [5.74, 6) is 2.63. The summed E-state index contributed by atoms with van der Waals surface area (Å²) in [6, 6.07) is 0. The average Bonchev–Trinajstić information content (AvgIpc) is 3.42. The number of ketones is 1. The minimum atomic E-state index is -0.877. The van der Waals surface area contributed by atoms with Gasteiger partial charge >= 0.3 is 0 Å². The van der Waals surface area contributed by atoms with Crippen molar-refractivity contribution in [3.05, 3.63) is 11.9 Å². The molecule has 5 nitrogen and oxygen atoms in total. The van der Waals surface area contributed by atoms with E-state index in [-0.39, 0.29) is 29.6 Å². The number of rotatable bonds is 4. The van der Waals surface area contributed by atoms with Crippen molar-refractivity contribution in [3.63, 3.8) is 0 Å². The molecule has 0 bridgehead atoms. The maximum Gasteiger partial charge on any atom is 0.159 e. The average molecular weight is 444 g/mol. The number of nitrogens with zero attached hydrogens (tertiary/aromatic N) is 3. The van der Waals surface area contributed by atoms with E-state index in [0.29, 0.717) is 36.0 Å². The third-order valence-corrected chi connectivity index (χ3v) is 10.4. The maximum atomic E-state index is 15.7. The summed E-state index contributed by atoms with van der Waals surface area (Å²) in [6.45, 7) is 4.38. The van der Waals surface area contributed by atoms with E-state index >= 15 is 4.39 Å². The molecule has 1 aromatic heterocycles. The van der Waals surface area contributed by atoms with Gasteiger partial charge in [-0.2, -0.15) is 15.0 Å². The van der Waals surface area contributed by atoms with Crippen LogP contribution in [0.1, 0.15) is 89.7 Å². The van der Waals surface area contributed by atoms with Gasteiger partial charge in [0, 0.05) is 11.8 Å². The second kappa shape index (κ2) is 7.35. The minimum absolute atomic E-state index is 0.00573. The summed E-state index contributed by atoms with van der Waals surface area (Å²) < 4.78 is 15.7. The molecule has 0 saturated heterocycles. The first-order chi connectivity index (χ1) is 15.2. The van der Waals surface area contributed by atoms with Gasteiger partial charge in [0.15, 0.2) is 5.78 Å². The van der Waals surface area contributed by atoms with Gasteiger partial charge in [-0.05, 0) is 106 Å². The number of aromatic nitrogens is 3. The Labute approximate surface area is 190 Å². The zero-order valence-corrected chi connectivity index (χ0v) is 19.5. The van der Waals surface area contributed by atoms with E-state index in [1.165, 1.54) is 12.8 Å². The molecule has 6 heteroatoms. The molecule has 176 valence electrons. The zero-order valence-electron chi connectivity index (χ0n) is 19.5. The highest BCUT2D eigenvalue weighted by atomic mass is 19.1. The number of aliphatic hydroxyl groups is 1. The summed E-state index contributed by atoms with van der Waals surface area (Å²) in [4.78, 5) is 14.9. The van der Waals surface area contributed by atoms with Crippen molar-refractivity contribution in [2.75, 3.05) is 0 Å². The summed E-state index contributed by atoms with van der Waals surface area (Å²) in [6.07, 6.45) is 10.7. The van der Waals surface area contributed by atoms with E-state index in [1.54, 1.807) is 11.0 Å². The van der Waals surface area contributed by atoms with E-state index in [0.717, 1.165) is 50.6 Å². The van der Waals surface area contributed by atoms with Crippen LogP contribution in [0.2, 0.25) is 0 Å². The maximum absolute atomic E-state index is 15.7. The Morgan fingerprint density at radius 3 is 2.69 bits per heavy atom. The van der Waals surface area contributed by atoms with Gasteiger partial charge < -0.3 is 5.11 Å². The van der Waals surface area contributed by atoms with Crippen molar-refractivity contribution in [1.82, 2.24) is 15.0 Å². The van der Waals surface area contributed by atoms with Crippen molar-refractivity contribution in [2.45, 2.75) is 102 Å². The van der Waals surface area contributed by atoms with Crippen LogP contribution < -0.4 is 0 Å². The van der Waals surface area contributed by atoms with Crippen LogP contribution >= 0.6 is 0 Å². The van der Waals surface area contributed by atoms with E-state index in [4.69, 9.17) is 0 Å². The molecule has 0 aliphatic heterocycles. The van der Waals surface area contributed by atoms with Gasteiger partial charge in [-0.25, -0.2) is 4.39 Å². The second-order valence-corrected chi connectivity index (χ2v) is 12.5. The Morgan fingerprint density at radius 1 is 1.12 bits per heavy atom. The summed E-state index contributed by atoms with van der Waals surface area (Å²) >= 11 is 0. The Balaban J connectivity index is 1.19. The van der Waals surface area contributed by atoms with E-state index in [1.807, 2.05) is 6.92 Å². The molecule has 5 aliphatic rings. The van der Waals surface area contributed by atoms with Gasteiger partial charge in [0.1, 0.15) is 12.7 Å². The normalized spacial score (nSPS) is 48.1. The largest absolute Gasteiger partial charge is 0.390 e. The monoisotopic (exact) mass is 443 g/mol. The lowest BCUT2D eigenvalue weighted by Gasteiger charge is -2.57. The highest BCUT2D eigenvalue weighted by molar-refractivity contribution is 5.82. The number of halogens is 1. The summed E-state index contributed by atoms with van der Waals surface area (Å²) in [5.41, 5.74) is 0.238. The molecule has 0 amide bonds. The predicted molar refractivity (Wildman–Crippen MR) is 119 cm³/mol. The first kappa shape index (κ1) is 21.2. The van der Waals surface area contributed by atoms with Crippen molar-refractivity contribution in [3.8, 4) is 0 Å². The Bertz CT molecular complexity index is 895. The molecule has 1 N–H and O–H groups in total.